The van der Waals surface area contributed by atoms with Gasteiger partial charge in [0.2, 0.25) is 0 Å². The first-order chi connectivity index (χ1) is 16.4. The normalized spacial score (nSPS) is 15.2. The number of hydrogen-bond donors (Lipinski definition) is 0. The van der Waals surface area contributed by atoms with Gasteiger partial charge >= 0.3 is 5.97 Å². The van der Waals surface area contributed by atoms with Crippen molar-refractivity contribution in [3.63, 3.8) is 0 Å². The molecule has 0 saturated carbocycles. The molecular formula is C23H25ClN4O4S3. The molecule has 0 radical (unpaired) electrons. The molecule has 1 aliphatic rings. The number of benzene rings is 1. The molecule has 0 unspecified atom stereocenters. The molecule has 186 valence electrons. The zero-order valence-corrected chi connectivity index (χ0v) is 22.3. The van der Waals surface area contributed by atoms with E-state index in [9.17, 15) is 13.2 Å². The van der Waals surface area contributed by atoms with E-state index in [1.807, 2.05) is 48.0 Å². The number of thiophene rings is 2. The van der Waals surface area contributed by atoms with Crippen molar-refractivity contribution in [2.45, 2.75) is 11.1 Å². The summed E-state index contributed by atoms with van der Waals surface area (Å²) in [6.07, 6.45) is 0. The number of para-hydroxylation sites is 1. The summed E-state index contributed by atoms with van der Waals surface area (Å²) >= 11 is 2.61. The number of esters is 1. The first kappa shape index (κ1) is 25.8. The second-order valence-corrected chi connectivity index (χ2v) is 12.1. The van der Waals surface area contributed by atoms with Crippen molar-refractivity contribution < 1.29 is 17.9 Å². The number of carbonyl (C=O) groups excluding carboxylic acids is 1. The van der Waals surface area contributed by atoms with Crippen molar-refractivity contribution in [1.82, 2.24) is 19.0 Å². The van der Waals surface area contributed by atoms with Gasteiger partial charge in [-0.2, -0.15) is 9.40 Å². The van der Waals surface area contributed by atoms with Crippen LogP contribution in [-0.2, 0) is 14.8 Å². The van der Waals surface area contributed by atoms with Crippen LogP contribution in [0.15, 0.2) is 58.1 Å². The van der Waals surface area contributed by atoms with Gasteiger partial charge in [-0.05, 0) is 36.6 Å². The molecule has 0 atom stereocenters. The van der Waals surface area contributed by atoms with E-state index in [1.54, 1.807) is 17.5 Å². The fourth-order valence-corrected chi connectivity index (χ4v) is 7.60. The molecule has 0 spiro atoms. The highest BCUT2D eigenvalue weighted by atomic mass is 35.5. The molecule has 8 nitrogen and oxygen atoms in total. The molecule has 0 bridgehead atoms. The minimum atomic E-state index is -3.41. The highest BCUT2D eigenvalue weighted by Crippen LogP contribution is 2.30. The van der Waals surface area contributed by atoms with Gasteiger partial charge < -0.3 is 4.74 Å². The molecular weight excluding hydrogens is 528 g/mol. The molecule has 35 heavy (non-hydrogen) atoms. The van der Waals surface area contributed by atoms with Gasteiger partial charge in [-0.3, -0.25) is 4.90 Å². The topological polar surface area (TPSA) is 84.7 Å². The molecule has 1 aromatic carbocycles. The quantitative estimate of drug-likeness (QED) is 0.322. The van der Waals surface area contributed by atoms with Crippen molar-refractivity contribution >= 4 is 61.3 Å². The summed E-state index contributed by atoms with van der Waals surface area (Å²) in [5.74, 6) is -0.348. The van der Waals surface area contributed by atoms with Crippen LogP contribution in [0.2, 0.25) is 0 Å². The van der Waals surface area contributed by atoms with Gasteiger partial charge in [0.25, 0.3) is 10.0 Å². The van der Waals surface area contributed by atoms with Gasteiger partial charge in [-0.1, -0.05) is 24.3 Å². The second-order valence-electron chi connectivity index (χ2n) is 7.98. The fraction of sp³-hybridized carbons (Fsp3) is 0.304. The number of aryl methyl sites for hydroxylation is 1. The molecule has 12 heteroatoms. The summed E-state index contributed by atoms with van der Waals surface area (Å²) in [6, 6.07) is 15.1. The molecule has 0 N–H and O–H groups in total. The number of carbonyl (C=O) groups is 1. The Kier molecular flexibility index (Phi) is 7.94. The monoisotopic (exact) mass is 552 g/mol. The van der Waals surface area contributed by atoms with Crippen molar-refractivity contribution in [2.75, 3.05) is 39.3 Å². The Labute approximate surface area is 218 Å². The Bertz CT molecular complexity index is 1390. The number of rotatable bonds is 7. The van der Waals surface area contributed by atoms with Crippen molar-refractivity contribution in [2.24, 2.45) is 0 Å². The van der Waals surface area contributed by atoms with Crippen LogP contribution in [0.1, 0.15) is 15.4 Å². The Balaban J connectivity index is 0.00000289. The van der Waals surface area contributed by atoms with Crippen LogP contribution in [0.25, 0.3) is 15.9 Å². The zero-order valence-electron chi connectivity index (χ0n) is 19.0. The number of hydrogen-bond acceptors (Lipinski definition) is 8. The lowest BCUT2D eigenvalue weighted by molar-refractivity contribution is 0.0450. The standard InChI is InChI=1S/C23H24N4O4S3.ClH/c1-17-19-16-20(33-22(19)27(24-17)18-6-3-2-4-7-18)23(28)31-14-13-25-9-11-26(12-10-25)34(29,30)21-8-5-15-32-21;/h2-8,15-16H,9-14H2,1H3;1H. The van der Waals surface area contributed by atoms with Crippen LogP contribution in [0.3, 0.4) is 0 Å². The number of halogens is 1. The smallest absolute Gasteiger partial charge is 0.348 e. The van der Waals surface area contributed by atoms with Crippen LogP contribution in [0, 0.1) is 6.92 Å². The molecule has 5 rings (SSSR count). The van der Waals surface area contributed by atoms with Crippen LogP contribution >= 0.6 is 35.1 Å². The van der Waals surface area contributed by atoms with Crippen LogP contribution in [-0.4, -0.2) is 72.7 Å². The summed E-state index contributed by atoms with van der Waals surface area (Å²) < 4.78 is 34.6. The number of piperazine rings is 1. The van der Waals surface area contributed by atoms with E-state index >= 15 is 0 Å². The second kappa shape index (κ2) is 10.8. The predicted molar refractivity (Wildman–Crippen MR) is 141 cm³/mol. The predicted octanol–water partition coefficient (Wildman–Crippen LogP) is 4.04. The van der Waals surface area contributed by atoms with Crippen LogP contribution in [0.5, 0.6) is 0 Å². The van der Waals surface area contributed by atoms with Gasteiger partial charge in [0.1, 0.15) is 20.5 Å². The Hall–Kier alpha value is -2.28. The van der Waals surface area contributed by atoms with Crippen molar-refractivity contribution in [1.29, 1.82) is 0 Å². The Morgan fingerprint density at radius 3 is 2.51 bits per heavy atom. The summed E-state index contributed by atoms with van der Waals surface area (Å²) in [5.41, 5.74) is 1.81. The Morgan fingerprint density at radius 2 is 1.83 bits per heavy atom. The molecule has 1 aliphatic heterocycles. The SMILES string of the molecule is Cc1nn(-c2ccccc2)c2sc(C(=O)OCCN3CCN(S(=O)(=O)c4cccs4)CC3)cc12.Cl. The minimum Gasteiger partial charge on any atom is -0.460 e. The summed E-state index contributed by atoms with van der Waals surface area (Å²) in [5, 5.41) is 7.32. The average Bonchev–Trinajstić information content (AvgIpc) is 3.59. The van der Waals surface area contributed by atoms with Crippen LogP contribution < -0.4 is 0 Å². The summed E-state index contributed by atoms with van der Waals surface area (Å²) in [4.78, 5) is 16.3. The maximum Gasteiger partial charge on any atom is 0.348 e. The van der Waals surface area contributed by atoms with Crippen molar-refractivity contribution in [3.8, 4) is 5.69 Å². The first-order valence-electron chi connectivity index (χ1n) is 10.9. The number of ether oxygens (including phenoxy) is 1. The molecule has 1 fully saturated rings. The molecule has 0 aliphatic carbocycles. The van der Waals surface area contributed by atoms with E-state index in [4.69, 9.17) is 4.74 Å². The number of nitrogens with zero attached hydrogens (tertiary/aromatic N) is 4. The summed E-state index contributed by atoms with van der Waals surface area (Å²) in [7, 11) is -3.41. The third kappa shape index (κ3) is 5.30. The number of aromatic nitrogens is 2. The maximum absolute atomic E-state index is 12.7. The van der Waals surface area contributed by atoms with Crippen molar-refractivity contribution in [3.05, 3.63) is 64.5 Å². The highest BCUT2D eigenvalue weighted by molar-refractivity contribution is 7.91. The molecule has 0 amide bonds. The largest absolute Gasteiger partial charge is 0.460 e. The first-order valence-corrected chi connectivity index (χ1v) is 14.0. The lowest BCUT2D eigenvalue weighted by atomic mass is 10.3. The molecule has 4 aromatic rings. The lowest BCUT2D eigenvalue weighted by Gasteiger charge is -2.33. The van der Waals surface area contributed by atoms with Crippen LogP contribution in [0.4, 0.5) is 0 Å². The molecule has 1 saturated heterocycles. The van der Waals surface area contributed by atoms with E-state index < -0.39 is 10.0 Å². The zero-order chi connectivity index (χ0) is 23.7. The average molecular weight is 553 g/mol. The number of fused-ring (bicyclic) bond motifs is 1. The minimum absolute atomic E-state index is 0. The maximum atomic E-state index is 12.7. The van der Waals surface area contributed by atoms with Gasteiger partial charge in [-0.15, -0.1) is 35.1 Å². The van der Waals surface area contributed by atoms with Gasteiger partial charge in [0.15, 0.2) is 0 Å². The van der Waals surface area contributed by atoms with E-state index in [2.05, 4.69) is 10.00 Å². The summed E-state index contributed by atoms with van der Waals surface area (Å²) in [6.45, 7) is 4.84. The van der Waals surface area contributed by atoms with E-state index in [-0.39, 0.29) is 25.0 Å². The fourth-order valence-electron chi connectivity index (χ4n) is 3.96. The third-order valence-corrected chi connectivity index (χ3v) is 10.2. The lowest BCUT2D eigenvalue weighted by Crippen LogP contribution is -2.49. The van der Waals surface area contributed by atoms with Gasteiger partial charge in [0.05, 0.1) is 11.4 Å². The van der Waals surface area contributed by atoms with E-state index in [0.29, 0.717) is 41.8 Å². The van der Waals surface area contributed by atoms with E-state index in [1.165, 1.54) is 27.0 Å². The highest BCUT2D eigenvalue weighted by Gasteiger charge is 2.29. The number of sulfonamides is 1. The Morgan fingerprint density at radius 1 is 1.09 bits per heavy atom. The van der Waals surface area contributed by atoms with Gasteiger partial charge in [0, 0.05) is 38.1 Å². The van der Waals surface area contributed by atoms with Gasteiger partial charge in [-0.25, -0.2) is 17.9 Å². The molecule has 3 aromatic heterocycles. The van der Waals surface area contributed by atoms with E-state index in [0.717, 1.165) is 21.6 Å². The molecule has 4 heterocycles. The third-order valence-electron chi connectivity index (χ3n) is 5.81.